The molecule has 0 radical (unpaired) electrons. The van der Waals surface area contributed by atoms with Gasteiger partial charge in [0.25, 0.3) is 5.91 Å². The molecule has 0 spiro atoms. The predicted molar refractivity (Wildman–Crippen MR) is 80.6 cm³/mol. The number of fused-ring (bicyclic) bond motifs is 1. The van der Waals surface area contributed by atoms with Gasteiger partial charge in [0.05, 0.1) is 0 Å². The van der Waals surface area contributed by atoms with E-state index in [0.717, 1.165) is 12.0 Å². The molecular weight excluding hydrogens is 337 g/mol. The second-order valence-corrected chi connectivity index (χ2v) is 5.85. The van der Waals surface area contributed by atoms with Crippen molar-refractivity contribution in [3.05, 3.63) is 68.9 Å². The average molecular weight is 350 g/mol. The summed E-state index contributed by atoms with van der Waals surface area (Å²) < 4.78 is 13.6. The van der Waals surface area contributed by atoms with E-state index in [4.69, 9.17) is 0 Å². The van der Waals surface area contributed by atoms with Crippen LogP contribution in [-0.4, -0.2) is 17.6 Å². The Morgan fingerprint density at radius 3 is 2.81 bits per heavy atom. The van der Waals surface area contributed by atoms with E-state index in [1.165, 1.54) is 18.2 Å². The second-order valence-electron chi connectivity index (χ2n) is 4.99. The highest BCUT2D eigenvalue weighted by atomic mass is 79.9. The molecule has 3 nitrogen and oxygen atoms in total. The van der Waals surface area contributed by atoms with Crippen molar-refractivity contribution in [3.8, 4) is 0 Å². The highest BCUT2D eigenvalue weighted by molar-refractivity contribution is 9.10. The SMILES string of the molecule is O=C1NCCc2ccc(C(O)c3ccc(F)cc3Br)cc21. The summed E-state index contributed by atoms with van der Waals surface area (Å²) in [6.45, 7) is 0.636. The first kappa shape index (κ1) is 14.2. The summed E-state index contributed by atoms with van der Waals surface area (Å²) in [7, 11) is 0. The lowest BCUT2D eigenvalue weighted by Gasteiger charge is -2.19. The molecule has 1 heterocycles. The van der Waals surface area contributed by atoms with E-state index in [9.17, 15) is 14.3 Å². The Morgan fingerprint density at radius 2 is 2.05 bits per heavy atom. The molecule has 2 N–H and O–H groups in total. The largest absolute Gasteiger partial charge is 0.384 e. The van der Waals surface area contributed by atoms with E-state index in [1.807, 2.05) is 6.07 Å². The van der Waals surface area contributed by atoms with Crippen LogP contribution in [0.15, 0.2) is 40.9 Å². The standard InChI is InChI=1S/C16H13BrFNO2/c17-14-8-11(18)3-4-12(14)15(20)10-2-1-9-5-6-19-16(21)13(9)7-10/h1-4,7-8,15,20H,5-6H2,(H,19,21). The molecule has 0 saturated heterocycles. The van der Waals surface area contributed by atoms with E-state index in [0.29, 0.717) is 27.7 Å². The Hall–Kier alpha value is -1.72. The number of halogens is 2. The van der Waals surface area contributed by atoms with Gasteiger partial charge in [-0.25, -0.2) is 4.39 Å². The van der Waals surface area contributed by atoms with Crippen molar-refractivity contribution in [1.29, 1.82) is 0 Å². The Balaban J connectivity index is 2.00. The maximum Gasteiger partial charge on any atom is 0.251 e. The van der Waals surface area contributed by atoms with Crippen molar-refractivity contribution in [2.24, 2.45) is 0 Å². The van der Waals surface area contributed by atoms with Crippen LogP contribution in [0, 0.1) is 5.82 Å². The van der Waals surface area contributed by atoms with Crippen LogP contribution in [0.1, 0.15) is 33.2 Å². The van der Waals surface area contributed by atoms with Crippen molar-refractivity contribution >= 4 is 21.8 Å². The van der Waals surface area contributed by atoms with Gasteiger partial charge in [-0.15, -0.1) is 0 Å². The Kier molecular flexibility index (Phi) is 3.78. The van der Waals surface area contributed by atoms with Crippen LogP contribution in [0.5, 0.6) is 0 Å². The van der Waals surface area contributed by atoms with Gasteiger partial charge in [0, 0.05) is 16.6 Å². The van der Waals surface area contributed by atoms with Gasteiger partial charge in [-0.3, -0.25) is 4.79 Å². The smallest absolute Gasteiger partial charge is 0.251 e. The molecule has 1 amide bonds. The molecule has 0 fully saturated rings. The molecular formula is C16H13BrFNO2. The lowest BCUT2D eigenvalue weighted by atomic mass is 9.94. The number of amides is 1. The maximum atomic E-state index is 13.1. The molecule has 1 aliphatic heterocycles. The molecule has 2 aromatic rings. The minimum Gasteiger partial charge on any atom is -0.384 e. The first-order valence-corrected chi connectivity index (χ1v) is 7.39. The Morgan fingerprint density at radius 1 is 1.24 bits per heavy atom. The number of carbonyl (C=O) groups excluding carboxylic acids is 1. The normalized spacial score (nSPS) is 15.3. The fourth-order valence-electron chi connectivity index (χ4n) is 2.50. The van der Waals surface area contributed by atoms with Crippen LogP contribution < -0.4 is 5.32 Å². The van der Waals surface area contributed by atoms with Crippen LogP contribution in [0.3, 0.4) is 0 Å². The third-order valence-corrected chi connectivity index (χ3v) is 4.32. The molecule has 0 bridgehead atoms. The average Bonchev–Trinajstić information content (AvgIpc) is 2.47. The van der Waals surface area contributed by atoms with Gasteiger partial charge in [-0.05, 0) is 41.3 Å². The first-order chi connectivity index (χ1) is 10.1. The topological polar surface area (TPSA) is 49.3 Å². The highest BCUT2D eigenvalue weighted by Gasteiger charge is 2.20. The number of nitrogens with one attached hydrogen (secondary N) is 1. The molecule has 1 atom stereocenters. The fourth-order valence-corrected chi connectivity index (χ4v) is 3.07. The zero-order valence-electron chi connectivity index (χ0n) is 11.1. The summed E-state index contributed by atoms with van der Waals surface area (Å²) in [5.74, 6) is -0.494. The molecule has 1 unspecified atom stereocenters. The van der Waals surface area contributed by atoms with Gasteiger partial charge in [-0.2, -0.15) is 0 Å². The minimum atomic E-state index is -0.917. The summed E-state index contributed by atoms with van der Waals surface area (Å²) in [6, 6.07) is 9.51. The van der Waals surface area contributed by atoms with Crippen LogP contribution >= 0.6 is 15.9 Å². The lowest BCUT2D eigenvalue weighted by Crippen LogP contribution is -2.31. The third-order valence-electron chi connectivity index (χ3n) is 3.63. The number of hydrogen-bond acceptors (Lipinski definition) is 2. The van der Waals surface area contributed by atoms with Gasteiger partial charge in [-0.1, -0.05) is 34.1 Å². The quantitative estimate of drug-likeness (QED) is 0.875. The van der Waals surface area contributed by atoms with E-state index in [2.05, 4.69) is 21.2 Å². The number of rotatable bonds is 2. The van der Waals surface area contributed by atoms with E-state index in [1.54, 1.807) is 12.1 Å². The molecule has 0 saturated carbocycles. The number of aliphatic hydroxyl groups excluding tert-OH is 1. The van der Waals surface area contributed by atoms with Gasteiger partial charge in [0.2, 0.25) is 0 Å². The van der Waals surface area contributed by atoms with E-state index >= 15 is 0 Å². The molecule has 2 aromatic carbocycles. The van der Waals surface area contributed by atoms with Crippen LogP contribution in [0.2, 0.25) is 0 Å². The molecule has 0 aliphatic carbocycles. The van der Waals surface area contributed by atoms with Gasteiger partial charge >= 0.3 is 0 Å². The monoisotopic (exact) mass is 349 g/mol. The Bertz CT molecular complexity index is 717. The zero-order valence-corrected chi connectivity index (χ0v) is 12.7. The highest BCUT2D eigenvalue weighted by Crippen LogP contribution is 2.30. The lowest BCUT2D eigenvalue weighted by molar-refractivity contribution is 0.0945. The zero-order chi connectivity index (χ0) is 15.0. The summed E-state index contributed by atoms with van der Waals surface area (Å²) in [6.07, 6.45) is -0.127. The Labute approximate surface area is 129 Å². The van der Waals surface area contributed by atoms with E-state index in [-0.39, 0.29) is 11.7 Å². The van der Waals surface area contributed by atoms with Crippen molar-refractivity contribution < 1.29 is 14.3 Å². The molecule has 3 rings (SSSR count). The molecule has 1 aliphatic rings. The van der Waals surface area contributed by atoms with Gasteiger partial charge < -0.3 is 10.4 Å². The maximum absolute atomic E-state index is 13.1. The summed E-state index contributed by atoms with van der Waals surface area (Å²) in [5.41, 5.74) is 2.74. The number of carbonyl (C=O) groups is 1. The van der Waals surface area contributed by atoms with Crippen LogP contribution in [0.4, 0.5) is 4.39 Å². The summed E-state index contributed by atoms with van der Waals surface area (Å²) >= 11 is 3.25. The fraction of sp³-hybridized carbons (Fsp3) is 0.188. The first-order valence-electron chi connectivity index (χ1n) is 6.60. The van der Waals surface area contributed by atoms with Gasteiger partial charge in [0.1, 0.15) is 11.9 Å². The summed E-state index contributed by atoms with van der Waals surface area (Å²) in [5, 5.41) is 13.3. The van der Waals surface area contributed by atoms with Crippen molar-refractivity contribution in [1.82, 2.24) is 5.32 Å². The number of aliphatic hydroxyl groups is 1. The third kappa shape index (κ3) is 2.71. The minimum absolute atomic E-state index is 0.122. The molecule has 21 heavy (non-hydrogen) atoms. The molecule has 108 valence electrons. The van der Waals surface area contributed by atoms with Gasteiger partial charge in [0.15, 0.2) is 0 Å². The van der Waals surface area contributed by atoms with Crippen LogP contribution in [-0.2, 0) is 6.42 Å². The molecule has 5 heteroatoms. The number of hydrogen-bond donors (Lipinski definition) is 2. The van der Waals surface area contributed by atoms with Crippen molar-refractivity contribution in [3.63, 3.8) is 0 Å². The predicted octanol–water partition coefficient (Wildman–Crippen LogP) is 2.96. The van der Waals surface area contributed by atoms with Crippen LogP contribution in [0.25, 0.3) is 0 Å². The summed E-state index contributed by atoms with van der Waals surface area (Å²) in [4.78, 5) is 11.9. The van der Waals surface area contributed by atoms with E-state index < -0.39 is 6.10 Å². The van der Waals surface area contributed by atoms with Crippen molar-refractivity contribution in [2.75, 3.05) is 6.54 Å². The van der Waals surface area contributed by atoms with Crippen molar-refractivity contribution in [2.45, 2.75) is 12.5 Å². The number of benzene rings is 2. The molecule has 0 aromatic heterocycles. The second kappa shape index (κ2) is 5.58.